The molecule has 1 aromatic carbocycles. The second-order valence-corrected chi connectivity index (χ2v) is 33.4. The Labute approximate surface area is 632 Å². The summed E-state index contributed by atoms with van der Waals surface area (Å²) in [6, 6.07) is -11.0. The first-order valence-corrected chi connectivity index (χ1v) is 42.7. The fourth-order valence-electron chi connectivity index (χ4n) is 10.4. The van der Waals surface area contributed by atoms with E-state index < -0.39 is 295 Å². The molecule has 1 heterocycles. The summed E-state index contributed by atoms with van der Waals surface area (Å²) in [5.41, 5.74) is 0.363. The van der Waals surface area contributed by atoms with E-state index >= 15 is 4.79 Å². The highest BCUT2D eigenvalue weighted by Crippen LogP contribution is 2.13. The zero-order chi connectivity index (χ0) is 82.5. The van der Waals surface area contributed by atoms with Crippen molar-refractivity contribution in [2.24, 2.45) is 5.92 Å². The Morgan fingerprint density at radius 1 is 0.468 bits per heavy atom. The van der Waals surface area contributed by atoms with Crippen molar-refractivity contribution < 1.29 is 128 Å². The van der Waals surface area contributed by atoms with Crippen molar-refractivity contribution in [1.82, 2.24) is 85.1 Å². The number of unbranched alkanes of at least 4 members (excludes halogenated alkanes) is 4. The summed E-state index contributed by atoms with van der Waals surface area (Å²) in [6.07, 6.45) is -4.58. The summed E-state index contributed by atoms with van der Waals surface area (Å²) in [5, 5.41) is 59.8. The van der Waals surface area contributed by atoms with Crippen molar-refractivity contribution in [3.05, 3.63) is 35.9 Å². The van der Waals surface area contributed by atoms with Crippen LogP contribution in [0.1, 0.15) is 124 Å². The molecule has 1 aliphatic rings. The Bertz CT molecular complexity index is 3760. The number of carbonyl (C=O) groups excluding carboxylic acids is 11. The van der Waals surface area contributed by atoms with Gasteiger partial charge in [-0.3, -0.25) is 75.5 Å². The van der Waals surface area contributed by atoms with E-state index in [9.17, 15) is 123 Å². The monoisotopic (exact) mass is 1660 g/mol. The standard InChI is InChI=1S/C60H106N16O28S5/c1-6-7-8-9-13-16-48(79)67-40(17-23-61-31-105(90,91)92)55(84)76-50(38(5)78)60(89)72-43(20-26-64-34-108(99,100)101)52(81)70-45-22-28-66-59(88)49(37(4)77)75-56(85)44(21-27-65-35-109(102,103)104)69-51(80)41(18-24-62-32-106(93,94)95)71-57(86)46(29-36(2)3)73-58(87)47(30-39-14-11-10-12-15-39)74-54(83)42(68-53(45)82)19-25-63-33-107(96,97)98/h10-12,14-15,36-38,40-47,49-50,61-65,77-78H,6-9,13,16-35H2,1-5H3,(H,66,88)(H,67,79)(H,68,82)(H,69,80)(H,70,81)(H,71,86)(H,72,89)(H,73,87)(H,74,83)(H,75,85)(H,76,84)(H,90,91,92)(H,93,94,95)(H,96,97,98)(H,99,100,101)(H,102,103,104). The maximum Gasteiger partial charge on any atom is 0.278 e. The third-order valence-corrected chi connectivity index (χ3v) is 18.8. The molecule has 0 radical (unpaired) electrons. The molecule has 0 spiro atoms. The third kappa shape index (κ3) is 43.7. The smallest absolute Gasteiger partial charge is 0.278 e. The number of carbonyl (C=O) groups is 11. The molecule has 109 heavy (non-hydrogen) atoms. The van der Waals surface area contributed by atoms with E-state index in [0.717, 1.165) is 33.1 Å². The number of aliphatic hydroxyl groups excluding tert-OH is 2. The van der Waals surface area contributed by atoms with Gasteiger partial charge in [0.25, 0.3) is 50.6 Å². The van der Waals surface area contributed by atoms with Crippen LogP contribution in [0.25, 0.3) is 0 Å². The molecule has 624 valence electrons. The average Bonchev–Trinajstić information content (AvgIpc) is 1.15. The molecule has 0 bridgehead atoms. The largest absolute Gasteiger partial charge is 0.391 e. The molecule has 0 aromatic heterocycles. The normalized spacial score (nSPS) is 20.9. The molecule has 1 aromatic rings. The molecular weight excluding hydrogens is 1550 g/mol. The molecule has 1 saturated heterocycles. The highest BCUT2D eigenvalue weighted by atomic mass is 32.2. The number of hydrogen-bond donors (Lipinski definition) is 23. The first-order chi connectivity index (χ1) is 50.7. The fraction of sp³-hybridized carbons (Fsp3) is 0.717. The van der Waals surface area contributed by atoms with Crippen LogP contribution >= 0.6 is 0 Å². The van der Waals surface area contributed by atoms with Crippen molar-refractivity contribution in [1.29, 1.82) is 0 Å². The van der Waals surface area contributed by atoms with Gasteiger partial charge in [0.15, 0.2) is 0 Å². The van der Waals surface area contributed by atoms with Crippen LogP contribution in [-0.2, 0) is 110 Å². The summed E-state index contributed by atoms with van der Waals surface area (Å²) in [4.78, 5) is 159. The van der Waals surface area contributed by atoms with Crippen molar-refractivity contribution in [2.45, 2.75) is 197 Å². The number of rotatable bonds is 44. The molecule has 12 unspecified atom stereocenters. The lowest BCUT2D eigenvalue weighted by Gasteiger charge is -2.29. The van der Waals surface area contributed by atoms with E-state index in [1.807, 2.05) is 6.92 Å². The molecule has 1 fully saturated rings. The van der Waals surface area contributed by atoms with Crippen LogP contribution in [0, 0.1) is 5.92 Å². The summed E-state index contributed by atoms with van der Waals surface area (Å²) < 4.78 is 164. The van der Waals surface area contributed by atoms with Crippen LogP contribution in [0.2, 0.25) is 0 Å². The first kappa shape index (κ1) is 97.7. The van der Waals surface area contributed by atoms with Crippen molar-refractivity contribution in [2.75, 3.05) is 68.7 Å². The van der Waals surface area contributed by atoms with Gasteiger partial charge in [-0.15, -0.1) is 0 Å². The Balaban J connectivity index is 3.02. The van der Waals surface area contributed by atoms with Crippen molar-refractivity contribution >= 4 is 116 Å². The van der Waals surface area contributed by atoms with Gasteiger partial charge in [-0.05, 0) is 109 Å². The molecular formula is C60H106N16O28S5. The van der Waals surface area contributed by atoms with Crippen molar-refractivity contribution in [3.8, 4) is 0 Å². The molecule has 44 nitrogen and oxygen atoms in total. The molecule has 11 amide bonds. The third-order valence-electron chi connectivity index (χ3n) is 15.9. The van der Waals surface area contributed by atoms with Gasteiger partial charge in [0.1, 0.15) is 89.8 Å². The van der Waals surface area contributed by atoms with Crippen LogP contribution in [0.3, 0.4) is 0 Å². The predicted molar refractivity (Wildman–Crippen MR) is 388 cm³/mol. The van der Waals surface area contributed by atoms with Crippen LogP contribution in [0.5, 0.6) is 0 Å². The Morgan fingerprint density at radius 3 is 1.31 bits per heavy atom. The van der Waals surface area contributed by atoms with Crippen LogP contribution in [0.4, 0.5) is 0 Å². The molecule has 0 aliphatic carbocycles. The quantitative estimate of drug-likeness (QED) is 0.0213. The minimum Gasteiger partial charge on any atom is -0.391 e. The number of benzene rings is 1. The van der Waals surface area contributed by atoms with Gasteiger partial charge >= 0.3 is 0 Å². The lowest BCUT2D eigenvalue weighted by molar-refractivity contribution is -0.137. The Kier molecular flexibility index (Phi) is 43.4. The van der Waals surface area contributed by atoms with Gasteiger partial charge in [0.2, 0.25) is 65.0 Å². The zero-order valence-corrected chi connectivity index (χ0v) is 64.9. The highest BCUT2D eigenvalue weighted by molar-refractivity contribution is 7.86. The second kappa shape index (κ2) is 48.4. The van der Waals surface area contributed by atoms with E-state index in [2.05, 4.69) is 85.1 Å². The number of nitrogens with one attached hydrogen (secondary N) is 16. The van der Waals surface area contributed by atoms with Gasteiger partial charge in [0.05, 0.1) is 12.2 Å². The molecule has 0 saturated carbocycles. The minimum atomic E-state index is -4.78. The lowest BCUT2D eigenvalue weighted by Crippen LogP contribution is -2.62. The topological polar surface area (TPSA) is 693 Å². The van der Waals surface area contributed by atoms with Gasteiger partial charge in [0, 0.05) is 19.4 Å². The predicted octanol–water partition coefficient (Wildman–Crippen LogP) is -8.11. The van der Waals surface area contributed by atoms with Crippen LogP contribution < -0.4 is 85.1 Å². The second-order valence-electron chi connectivity index (χ2n) is 26.1. The maximum absolute atomic E-state index is 15.0. The van der Waals surface area contributed by atoms with Gasteiger partial charge in [-0.2, -0.15) is 42.1 Å². The molecule has 1 aliphatic heterocycles. The van der Waals surface area contributed by atoms with E-state index in [1.54, 1.807) is 32.0 Å². The average molecular weight is 1660 g/mol. The highest BCUT2D eigenvalue weighted by Gasteiger charge is 2.38. The molecule has 2 rings (SSSR count). The van der Waals surface area contributed by atoms with Crippen LogP contribution in [0.15, 0.2) is 30.3 Å². The minimum absolute atomic E-state index is 0.0810. The van der Waals surface area contributed by atoms with Gasteiger partial charge in [-0.25, -0.2) is 0 Å². The summed E-state index contributed by atoms with van der Waals surface area (Å²) >= 11 is 0. The SMILES string of the molecule is CCCCCCCC(=O)NC(CCNCS(=O)(=O)O)C(=O)NC(C(=O)NC(CCNCS(=O)(=O)O)C(=O)NC1CCNC(=O)C(C(C)O)NC(=O)C(CCNCS(=O)(=O)O)NC(=O)C(CCNCS(=O)(=O)O)NC(=O)C(CC(C)C)NC(=O)C(Cc2ccccc2)NC(=O)C(CCNCS(=O)(=O)O)NC1=O)C(C)O. The summed E-state index contributed by atoms with van der Waals surface area (Å²) in [7, 11) is -23.5. The Morgan fingerprint density at radius 2 is 0.872 bits per heavy atom. The Hall–Kier alpha value is -7.34. The van der Waals surface area contributed by atoms with E-state index in [-0.39, 0.29) is 25.8 Å². The van der Waals surface area contributed by atoms with E-state index in [1.165, 1.54) is 12.1 Å². The fourth-order valence-corrected chi connectivity index (χ4v) is 12.4. The molecule has 23 N–H and O–H groups in total. The van der Waals surface area contributed by atoms with E-state index in [0.29, 0.717) is 18.4 Å². The molecule has 49 heteroatoms. The zero-order valence-electron chi connectivity index (χ0n) is 60.8. The molecule has 12 atom stereocenters. The number of amides is 11. The first-order valence-electron chi connectivity index (χ1n) is 34.7. The maximum atomic E-state index is 15.0. The number of hydrogen-bond acceptors (Lipinski definition) is 28. The van der Waals surface area contributed by atoms with Gasteiger partial charge < -0.3 is 95.3 Å². The van der Waals surface area contributed by atoms with E-state index in [4.69, 9.17) is 0 Å². The van der Waals surface area contributed by atoms with Gasteiger partial charge in [-0.1, -0.05) is 76.8 Å². The summed E-state index contributed by atoms with van der Waals surface area (Å²) in [5.74, 6) is -19.1. The number of aliphatic hydroxyl groups is 2. The van der Waals surface area contributed by atoms with Crippen molar-refractivity contribution in [3.63, 3.8) is 0 Å². The summed E-state index contributed by atoms with van der Waals surface area (Å²) in [6.45, 7) is 3.91. The lowest BCUT2D eigenvalue weighted by atomic mass is 10.00. The van der Waals surface area contributed by atoms with Crippen LogP contribution in [-0.4, -0.2) is 281 Å².